The fraction of sp³-hybridized carbons (Fsp3) is 0.667. The molecule has 0 radical (unpaired) electrons. The van der Waals surface area contributed by atoms with Crippen LogP contribution >= 0.6 is 0 Å². The van der Waals surface area contributed by atoms with E-state index in [0.29, 0.717) is 5.75 Å². The number of hydrogen-bond acceptors (Lipinski definition) is 4. The molecule has 0 saturated heterocycles. The largest absolute Gasteiger partial charge is 0.478 e. The molecule has 0 aromatic heterocycles. The molecule has 4 aliphatic carbocycles. The van der Waals surface area contributed by atoms with E-state index in [1.807, 2.05) is 6.07 Å². The summed E-state index contributed by atoms with van der Waals surface area (Å²) in [4.78, 5) is 11.4. The van der Waals surface area contributed by atoms with Crippen LogP contribution in [0.4, 0.5) is 0 Å². The molecule has 0 amide bonds. The van der Waals surface area contributed by atoms with Crippen LogP contribution in [0.1, 0.15) is 61.4 Å². The van der Waals surface area contributed by atoms with Crippen molar-refractivity contribution < 1.29 is 24.1 Å². The molecular weight excluding hydrogens is 332 g/mol. The Kier molecular flexibility index (Phi) is 4.70. The van der Waals surface area contributed by atoms with Gasteiger partial charge in [0.1, 0.15) is 5.75 Å². The second-order valence-corrected chi connectivity index (χ2v) is 8.45. The van der Waals surface area contributed by atoms with Crippen molar-refractivity contribution in [2.45, 2.75) is 57.2 Å². The van der Waals surface area contributed by atoms with Crippen molar-refractivity contribution in [1.29, 1.82) is 0 Å². The molecule has 26 heavy (non-hydrogen) atoms. The van der Waals surface area contributed by atoms with Gasteiger partial charge in [0.15, 0.2) is 13.1 Å². The Labute approximate surface area is 154 Å². The molecule has 5 rings (SSSR count). The van der Waals surface area contributed by atoms with Crippen LogP contribution in [0.5, 0.6) is 5.75 Å². The monoisotopic (exact) mass is 360 g/mol. The maximum absolute atomic E-state index is 11.4. The number of carbonyl (C=O) groups is 1. The summed E-state index contributed by atoms with van der Waals surface area (Å²) in [5, 5.41) is 9.38. The quantitative estimate of drug-likeness (QED) is 0.738. The maximum Gasteiger partial charge on any atom is 0.335 e. The van der Waals surface area contributed by atoms with Gasteiger partial charge in [0.2, 0.25) is 0 Å². The minimum Gasteiger partial charge on any atom is -0.478 e. The highest BCUT2D eigenvalue weighted by atomic mass is 16.7. The molecule has 4 bridgehead atoms. The van der Waals surface area contributed by atoms with E-state index in [1.165, 1.54) is 44.1 Å². The van der Waals surface area contributed by atoms with Gasteiger partial charge in [-0.05, 0) is 80.8 Å². The van der Waals surface area contributed by atoms with E-state index in [0.717, 1.165) is 17.8 Å². The zero-order valence-corrected chi connectivity index (χ0v) is 15.6. The molecule has 1 N–H and O–H groups in total. The van der Waals surface area contributed by atoms with Crippen LogP contribution in [0.25, 0.3) is 0 Å². The molecule has 4 aliphatic rings. The number of methoxy groups -OCH3 is 1. The van der Waals surface area contributed by atoms with E-state index < -0.39 is 5.97 Å². The third-order valence-electron chi connectivity index (χ3n) is 6.69. The van der Waals surface area contributed by atoms with Gasteiger partial charge in [0, 0.05) is 12.7 Å². The van der Waals surface area contributed by atoms with E-state index in [2.05, 4.69) is 0 Å². The summed E-state index contributed by atoms with van der Waals surface area (Å²) in [5.74, 6) is 2.18. The third kappa shape index (κ3) is 3.23. The highest BCUT2D eigenvalue weighted by Crippen LogP contribution is 2.61. The van der Waals surface area contributed by atoms with Gasteiger partial charge in [-0.25, -0.2) is 4.79 Å². The summed E-state index contributed by atoms with van der Waals surface area (Å²) in [6.45, 7) is 1.86. The van der Waals surface area contributed by atoms with E-state index in [-0.39, 0.29) is 24.1 Å². The molecule has 5 nitrogen and oxygen atoms in total. The van der Waals surface area contributed by atoms with Crippen molar-refractivity contribution in [2.24, 2.45) is 17.8 Å². The predicted molar refractivity (Wildman–Crippen MR) is 96.3 cm³/mol. The van der Waals surface area contributed by atoms with Crippen LogP contribution in [0.15, 0.2) is 18.2 Å². The lowest BCUT2D eigenvalue weighted by Gasteiger charge is -2.57. The lowest BCUT2D eigenvalue weighted by atomic mass is 9.48. The summed E-state index contributed by atoms with van der Waals surface area (Å²) in [6.07, 6.45) is 7.37. The summed E-state index contributed by atoms with van der Waals surface area (Å²) < 4.78 is 16.5. The first-order valence-electron chi connectivity index (χ1n) is 9.64. The summed E-state index contributed by atoms with van der Waals surface area (Å²) in [7, 11) is 1.58. The summed E-state index contributed by atoms with van der Waals surface area (Å²) >= 11 is 0. The number of hydrogen-bond donors (Lipinski definition) is 1. The maximum atomic E-state index is 11.4. The molecule has 1 atom stereocenters. The van der Waals surface area contributed by atoms with Crippen LogP contribution in [-0.2, 0) is 14.9 Å². The van der Waals surface area contributed by atoms with Crippen molar-refractivity contribution in [3.8, 4) is 5.75 Å². The van der Waals surface area contributed by atoms with Crippen LogP contribution in [0, 0.1) is 17.8 Å². The van der Waals surface area contributed by atoms with Crippen molar-refractivity contribution in [3.63, 3.8) is 0 Å². The van der Waals surface area contributed by atoms with Crippen molar-refractivity contribution in [1.82, 2.24) is 0 Å². The van der Waals surface area contributed by atoms with Crippen molar-refractivity contribution >= 4 is 5.97 Å². The summed E-state index contributed by atoms with van der Waals surface area (Å²) in [5.41, 5.74) is 1.58. The fourth-order valence-electron chi connectivity index (χ4n) is 5.91. The average Bonchev–Trinajstić information content (AvgIpc) is 2.60. The minimum atomic E-state index is -0.932. The number of aromatic carboxylic acids is 1. The standard InChI is InChI=1S/C21H28O5/c1-13(24-2)25-12-26-19-8-17(20(22)23)3-4-18(19)21-9-14-5-15(10-21)7-16(6-14)11-21/h3-4,8,13-16H,5-7,9-12H2,1-2H3,(H,22,23). The molecule has 0 heterocycles. The molecule has 0 aliphatic heterocycles. The van der Waals surface area contributed by atoms with Crippen LogP contribution in [0.3, 0.4) is 0 Å². The zero-order valence-electron chi connectivity index (χ0n) is 15.6. The normalized spacial score (nSPS) is 33.2. The van der Waals surface area contributed by atoms with E-state index in [9.17, 15) is 9.90 Å². The van der Waals surface area contributed by atoms with Gasteiger partial charge < -0.3 is 19.3 Å². The number of carboxylic acids is 1. The zero-order chi connectivity index (χ0) is 18.3. The smallest absolute Gasteiger partial charge is 0.335 e. The topological polar surface area (TPSA) is 65.0 Å². The van der Waals surface area contributed by atoms with Gasteiger partial charge >= 0.3 is 5.97 Å². The molecule has 142 valence electrons. The third-order valence-corrected chi connectivity index (χ3v) is 6.69. The Morgan fingerprint density at radius 3 is 2.35 bits per heavy atom. The molecule has 0 spiro atoms. The fourth-order valence-corrected chi connectivity index (χ4v) is 5.91. The van der Waals surface area contributed by atoms with Crippen molar-refractivity contribution in [3.05, 3.63) is 29.3 Å². The highest BCUT2D eigenvalue weighted by Gasteiger charge is 2.52. The highest BCUT2D eigenvalue weighted by molar-refractivity contribution is 5.88. The Bertz CT molecular complexity index is 648. The van der Waals surface area contributed by atoms with Gasteiger partial charge in [0.25, 0.3) is 0 Å². The molecule has 1 unspecified atom stereocenters. The van der Waals surface area contributed by atoms with Crippen LogP contribution in [-0.4, -0.2) is 31.3 Å². The molecule has 1 aromatic carbocycles. The van der Waals surface area contributed by atoms with Crippen LogP contribution in [0.2, 0.25) is 0 Å². The Balaban J connectivity index is 1.63. The van der Waals surface area contributed by atoms with Gasteiger partial charge in [0.05, 0.1) is 5.56 Å². The van der Waals surface area contributed by atoms with Gasteiger partial charge in [-0.15, -0.1) is 0 Å². The SMILES string of the molecule is COC(C)OCOc1cc(C(=O)O)ccc1C12CC3CC(CC(C3)C1)C2. The second kappa shape index (κ2) is 6.86. The number of rotatable bonds is 7. The molecular formula is C21H28O5. The Hall–Kier alpha value is -1.59. The van der Waals surface area contributed by atoms with Gasteiger partial charge in [-0.2, -0.15) is 0 Å². The second-order valence-electron chi connectivity index (χ2n) is 8.45. The predicted octanol–water partition coefficient (Wildman–Crippen LogP) is 4.20. The number of benzene rings is 1. The van der Waals surface area contributed by atoms with Gasteiger partial charge in [-0.1, -0.05) is 6.07 Å². The average molecular weight is 360 g/mol. The van der Waals surface area contributed by atoms with E-state index in [1.54, 1.807) is 26.2 Å². The molecule has 5 heteroatoms. The lowest BCUT2D eigenvalue weighted by Crippen LogP contribution is -2.48. The minimum absolute atomic E-state index is 0.0530. The number of carboxylic acid groups (broad SMARTS) is 1. The first kappa shape index (κ1) is 17.8. The summed E-state index contributed by atoms with van der Waals surface area (Å²) in [6, 6.07) is 5.38. The van der Waals surface area contributed by atoms with E-state index in [4.69, 9.17) is 14.2 Å². The molecule has 4 fully saturated rings. The first-order chi connectivity index (χ1) is 12.5. The Morgan fingerprint density at radius 2 is 1.81 bits per heavy atom. The first-order valence-corrected chi connectivity index (χ1v) is 9.64. The molecule has 4 saturated carbocycles. The number of ether oxygens (including phenoxy) is 3. The van der Waals surface area contributed by atoms with Crippen molar-refractivity contribution in [2.75, 3.05) is 13.9 Å². The Morgan fingerprint density at radius 1 is 1.19 bits per heavy atom. The van der Waals surface area contributed by atoms with Crippen LogP contribution < -0.4 is 4.74 Å². The van der Waals surface area contributed by atoms with E-state index >= 15 is 0 Å². The molecule has 1 aromatic rings. The van der Waals surface area contributed by atoms with Gasteiger partial charge in [-0.3, -0.25) is 0 Å². The lowest BCUT2D eigenvalue weighted by molar-refractivity contribution is -0.150.